The fraction of sp³-hybridized carbons (Fsp3) is 0.143. The van der Waals surface area contributed by atoms with Crippen LogP contribution in [0.15, 0.2) is 69.9 Å². The highest BCUT2D eigenvalue weighted by Crippen LogP contribution is 2.42. The minimum Gasteiger partial charge on any atom is -0.507 e. The summed E-state index contributed by atoms with van der Waals surface area (Å²) in [5, 5.41) is 10.2. The second-order valence-corrected chi connectivity index (χ2v) is 6.41. The zero-order valence-corrected chi connectivity index (χ0v) is 14.2. The van der Waals surface area contributed by atoms with Gasteiger partial charge in [-0.3, -0.25) is 9.69 Å². The molecule has 130 valence electrons. The number of carbonyl (C=O) groups is 1. The van der Waals surface area contributed by atoms with Crippen molar-refractivity contribution in [2.45, 2.75) is 19.4 Å². The van der Waals surface area contributed by atoms with E-state index in [4.69, 9.17) is 4.42 Å². The van der Waals surface area contributed by atoms with Gasteiger partial charge in [0.05, 0.1) is 6.07 Å². The SMILES string of the molecule is Cc1cccc(N2C(=O)c3c(O)cc(=O)oc3C2Cc2ccccc2)c1. The molecule has 1 aromatic heterocycles. The van der Waals surface area contributed by atoms with E-state index in [1.54, 1.807) is 4.90 Å². The molecule has 0 radical (unpaired) electrons. The highest BCUT2D eigenvalue weighted by atomic mass is 16.4. The smallest absolute Gasteiger partial charge is 0.339 e. The number of nitrogens with zero attached hydrogens (tertiary/aromatic N) is 1. The molecule has 0 saturated carbocycles. The maximum Gasteiger partial charge on any atom is 0.339 e. The van der Waals surface area contributed by atoms with Crippen molar-refractivity contribution in [3.63, 3.8) is 0 Å². The number of hydrogen-bond acceptors (Lipinski definition) is 4. The molecule has 5 nitrogen and oxygen atoms in total. The number of rotatable bonds is 3. The molecular weight excluding hydrogens is 330 g/mol. The third kappa shape index (κ3) is 2.67. The Morgan fingerprint density at radius 3 is 2.54 bits per heavy atom. The van der Waals surface area contributed by atoms with E-state index in [1.165, 1.54) is 0 Å². The van der Waals surface area contributed by atoms with E-state index >= 15 is 0 Å². The minimum atomic E-state index is -0.668. The number of aryl methyl sites for hydroxylation is 1. The molecule has 0 bridgehead atoms. The number of aromatic hydroxyl groups is 1. The lowest BCUT2D eigenvalue weighted by Gasteiger charge is -2.25. The van der Waals surface area contributed by atoms with E-state index in [0.717, 1.165) is 17.2 Å². The molecule has 3 aromatic rings. The maximum atomic E-state index is 13.0. The van der Waals surface area contributed by atoms with Crippen molar-refractivity contribution in [3.8, 4) is 5.75 Å². The van der Waals surface area contributed by atoms with Gasteiger partial charge in [-0.05, 0) is 30.2 Å². The Morgan fingerprint density at radius 1 is 1.04 bits per heavy atom. The van der Waals surface area contributed by atoms with Crippen molar-refractivity contribution >= 4 is 11.6 Å². The van der Waals surface area contributed by atoms with Gasteiger partial charge in [0, 0.05) is 12.1 Å². The van der Waals surface area contributed by atoms with Crippen LogP contribution < -0.4 is 10.5 Å². The van der Waals surface area contributed by atoms with E-state index in [2.05, 4.69) is 0 Å². The molecular formula is C21H17NO4. The Hall–Kier alpha value is -3.34. The van der Waals surface area contributed by atoms with E-state index in [0.29, 0.717) is 12.1 Å². The molecule has 1 aliphatic heterocycles. The summed E-state index contributed by atoms with van der Waals surface area (Å²) in [4.78, 5) is 26.4. The summed E-state index contributed by atoms with van der Waals surface area (Å²) < 4.78 is 5.36. The van der Waals surface area contributed by atoms with Crippen LogP contribution >= 0.6 is 0 Å². The predicted octanol–water partition coefficient (Wildman–Crippen LogP) is 3.60. The molecule has 1 aliphatic rings. The average molecular weight is 347 g/mol. The largest absolute Gasteiger partial charge is 0.507 e. The second-order valence-electron chi connectivity index (χ2n) is 6.41. The molecule has 0 saturated heterocycles. The van der Waals surface area contributed by atoms with Crippen LogP contribution in [-0.4, -0.2) is 11.0 Å². The summed E-state index contributed by atoms with van der Waals surface area (Å²) in [6, 6.07) is 17.7. The molecule has 26 heavy (non-hydrogen) atoms. The second kappa shape index (κ2) is 6.19. The zero-order valence-electron chi connectivity index (χ0n) is 14.2. The number of hydrogen-bond donors (Lipinski definition) is 1. The molecule has 5 heteroatoms. The summed E-state index contributed by atoms with van der Waals surface area (Å²) in [6.45, 7) is 1.95. The van der Waals surface area contributed by atoms with Gasteiger partial charge in [-0.2, -0.15) is 0 Å². The van der Waals surface area contributed by atoms with Crippen molar-refractivity contribution in [1.82, 2.24) is 0 Å². The summed E-state index contributed by atoms with van der Waals surface area (Å²) >= 11 is 0. The Labute approximate surface area is 150 Å². The number of anilines is 1. The molecule has 2 aromatic carbocycles. The highest BCUT2D eigenvalue weighted by molar-refractivity contribution is 6.12. The molecule has 0 spiro atoms. The average Bonchev–Trinajstić information content (AvgIpc) is 2.88. The van der Waals surface area contributed by atoms with Gasteiger partial charge in [-0.25, -0.2) is 4.79 Å². The van der Waals surface area contributed by atoms with Crippen molar-refractivity contribution in [1.29, 1.82) is 0 Å². The summed E-state index contributed by atoms with van der Waals surface area (Å²) in [6.07, 6.45) is 0.472. The van der Waals surface area contributed by atoms with E-state index in [1.807, 2.05) is 61.5 Å². The molecule has 1 atom stereocenters. The molecule has 0 aliphatic carbocycles. The van der Waals surface area contributed by atoms with Crippen LogP contribution in [0.25, 0.3) is 0 Å². The first-order chi connectivity index (χ1) is 12.5. The van der Waals surface area contributed by atoms with Crippen molar-refractivity contribution in [2.75, 3.05) is 4.90 Å². The first kappa shape index (κ1) is 16.1. The lowest BCUT2D eigenvalue weighted by atomic mass is 10.0. The Balaban J connectivity index is 1.88. The maximum absolute atomic E-state index is 13.0. The molecule has 0 fully saturated rings. The van der Waals surface area contributed by atoms with Crippen LogP contribution in [-0.2, 0) is 6.42 Å². The van der Waals surface area contributed by atoms with Gasteiger partial charge in [0.25, 0.3) is 5.91 Å². The third-order valence-corrected chi connectivity index (χ3v) is 4.57. The minimum absolute atomic E-state index is 0.0621. The number of amides is 1. The molecule has 4 rings (SSSR count). The van der Waals surface area contributed by atoms with Crippen LogP contribution in [0.3, 0.4) is 0 Å². The monoisotopic (exact) mass is 347 g/mol. The lowest BCUT2D eigenvalue weighted by Crippen LogP contribution is -2.29. The lowest BCUT2D eigenvalue weighted by molar-refractivity contribution is 0.0989. The fourth-order valence-corrected chi connectivity index (χ4v) is 3.42. The summed E-state index contributed by atoms with van der Waals surface area (Å²) in [5.74, 6) is -0.493. The molecule has 1 N–H and O–H groups in total. The van der Waals surface area contributed by atoms with Gasteiger partial charge >= 0.3 is 5.63 Å². The zero-order chi connectivity index (χ0) is 18.3. The van der Waals surface area contributed by atoms with Crippen molar-refractivity contribution in [2.24, 2.45) is 0 Å². The summed E-state index contributed by atoms with van der Waals surface area (Å²) in [7, 11) is 0. The van der Waals surface area contributed by atoms with Gasteiger partial charge in [-0.1, -0.05) is 42.5 Å². The van der Waals surface area contributed by atoms with Crippen LogP contribution in [0, 0.1) is 6.92 Å². The number of benzene rings is 2. The third-order valence-electron chi connectivity index (χ3n) is 4.57. The molecule has 1 amide bonds. The van der Waals surface area contributed by atoms with Crippen LogP contribution in [0.2, 0.25) is 0 Å². The van der Waals surface area contributed by atoms with Gasteiger partial charge in [0.2, 0.25) is 0 Å². The first-order valence-corrected chi connectivity index (χ1v) is 8.36. The van der Waals surface area contributed by atoms with Crippen molar-refractivity contribution in [3.05, 3.63) is 93.5 Å². The highest BCUT2D eigenvalue weighted by Gasteiger charge is 2.42. The summed E-state index contributed by atoms with van der Waals surface area (Å²) in [5.41, 5.74) is 2.11. The number of fused-ring (bicyclic) bond motifs is 1. The standard InChI is InChI=1S/C21H17NO4/c1-13-6-5-9-15(10-13)22-16(11-14-7-3-2-4-8-14)20-19(21(22)25)17(23)12-18(24)26-20/h2-10,12,16,23H,11H2,1H3. The van der Waals surface area contributed by atoms with Crippen LogP contribution in [0.1, 0.15) is 33.3 Å². The topological polar surface area (TPSA) is 70.8 Å². The Bertz CT molecular complexity index is 1040. The molecule has 2 heterocycles. The van der Waals surface area contributed by atoms with Gasteiger partial charge < -0.3 is 9.52 Å². The van der Waals surface area contributed by atoms with Crippen LogP contribution in [0.4, 0.5) is 5.69 Å². The van der Waals surface area contributed by atoms with E-state index < -0.39 is 11.7 Å². The van der Waals surface area contributed by atoms with Gasteiger partial charge in [0.1, 0.15) is 23.1 Å². The quantitative estimate of drug-likeness (QED) is 0.786. The van der Waals surface area contributed by atoms with Crippen molar-refractivity contribution < 1.29 is 14.3 Å². The van der Waals surface area contributed by atoms with Gasteiger partial charge in [-0.15, -0.1) is 0 Å². The number of carbonyl (C=O) groups excluding carboxylic acids is 1. The normalized spacial score (nSPS) is 16.0. The predicted molar refractivity (Wildman–Crippen MR) is 97.5 cm³/mol. The van der Waals surface area contributed by atoms with E-state index in [-0.39, 0.29) is 23.0 Å². The van der Waals surface area contributed by atoms with Gasteiger partial charge in [0.15, 0.2) is 0 Å². The Kier molecular flexibility index (Phi) is 3.84. The van der Waals surface area contributed by atoms with Crippen LogP contribution in [0.5, 0.6) is 5.75 Å². The van der Waals surface area contributed by atoms with E-state index in [9.17, 15) is 14.7 Å². The Morgan fingerprint density at radius 2 is 1.81 bits per heavy atom. The fourth-order valence-electron chi connectivity index (χ4n) is 3.42. The molecule has 1 unspecified atom stereocenters. The first-order valence-electron chi connectivity index (χ1n) is 8.36.